The highest BCUT2D eigenvalue weighted by atomic mass is 16.6. The highest BCUT2D eigenvalue weighted by molar-refractivity contribution is 5.71. The number of nitro benzene ring substituents is 1. The molecule has 21 heavy (non-hydrogen) atoms. The van der Waals surface area contributed by atoms with Crippen LogP contribution < -0.4 is 4.74 Å². The van der Waals surface area contributed by atoms with Gasteiger partial charge in [0, 0.05) is 11.6 Å². The zero-order valence-electron chi connectivity index (χ0n) is 11.1. The van der Waals surface area contributed by atoms with Crippen molar-refractivity contribution in [1.82, 2.24) is 0 Å². The molecule has 2 aromatic carbocycles. The summed E-state index contributed by atoms with van der Waals surface area (Å²) >= 11 is 0. The van der Waals surface area contributed by atoms with E-state index in [-0.39, 0.29) is 18.7 Å². The first-order valence-corrected chi connectivity index (χ1v) is 6.22. The predicted octanol–water partition coefficient (Wildman–Crippen LogP) is 2.80. The SMILES string of the molecule is O=C(O)Cc1ccccc1OCc1ccccc1[N+](=O)[O-]. The van der Waals surface area contributed by atoms with E-state index in [4.69, 9.17) is 9.84 Å². The van der Waals surface area contributed by atoms with Gasteiger partial charge in [-0.15, -0.1) is 0 Å². The van der Waals surface area contributed by atoms with Crippen LogP contribution in [-0.4, -0.2) is 16.0 Å². The van der Waals surface area contributed by atoms with Crippen molar-refractivity contribution in [2.75, 3.05) is 0 Å². The number of hydrogen-bond acceptors (Lipinski definition) is 4. The average molecular weight is 287 g/mol. The summed E-state index contributed by atoms with van der Waals surface area (Å²) in [6, 6.07) is 13.0. The fourth-order valence-electron chi connectivity index (χ4n) is 1.92. The summed E-state index contributed by atoms with van der Waals surface area (Å²) in [5, 5.41) is 19.8. The lowest BCUT2D eigenvalue weighted by Gasteiger charge is -2.10. The molecule has 0 amide bonds. The highest BCUT2D eigenvalue weighted by Crippen LogP contribution is 2.23. The number of para-hydroxylation sites is 2. The van der Waals surface area contributed by atoms with Crippen LogP contribution in [0.5, 0.6) is 5.75 Å². The van der Waals surface area contributed by atoms with E-state index in [1.807, 2.05) is 0 Å². The Hall–Kier alpha value is -2.89. The molecule has 0 spiro atoms. The van der Waals surface area contributed by atoms with Gasteiger partial charge in [-0.3, -0.25) is 14.9 Å². The van der Waals surface area contributed by atoms with Gasteiger partial charge in [0.2, 0.25) is 0 Å². The number of ether oxygens (including phenoxy) is 1. The van der Waals surface area contributed by atoms with Gasteiger partial charge in [0.1, 0.15) is 12.4 Å². The van der Waals surface area contributed by atoms with E-state index in [1.54, 1.807) is 42.5 Å². The lowest BCUT2D eigenvalue weighted by molar-refractivity contribution is -0.385. The summed E-state index contributed by atoms with van der Waals surface area (Å²) in [5.41, 5.74) is 0.949. The van der Waals surface area contributed by atoms with E-state index in [1.165, 1.54) is 6.07 Å². The molecule has 0 aliphatic carbocycles. The molecule has 2 aromatic rings. The first-order chi connectivity index (χ1) is 10.1. The third-order valence-electron chi connectivity index (χ3n) is 2.89. The largest absolute Gasteiger partial charge is 0.488 e. The van der Waals surface area contributed by atoms with Crippen molar-refractivity contribution in [3.8, 4) is 5.75 Å². The van der Waals surface area contributed by atoms with Crippen LogP contribution in [0.25, 0.3) is 0 Å². The molecule has 0 aromatic heterocycles. The van der Waals surface area contributed by atoms with Crippen LogP contribution in [-0.2, 0) is 17.8 Å². The number of benzene rings is 2. The van der Waals surface area contributed by atoms with Crippen LogP contribution in [0.15, 0.2) is 48.5 Å². The second-order valence-electron chi connectivity index (χ2n) is 4.35. The Kier molecular flexibility index (Phi) is 4.50. The number of nitrogens with zero attached hydrogens (tertiary/aromatic N) is 1. The lowest BCUT2D eigenvalue weighted by Crippen LogP contribution is -2.05. The number of carboxylic acid groups (broad SMARTS) is 1. The predicted molar refractivity (Wildman–Crippen MR) is 75.2 cm³/mol. The average Bonchev–Trinajstić information content (AvgIpc) is 2.46. The summed E-state index contributed by atoms with van der Waals surface area (Å²) in [6.07, 6.45) is -0.160. The third-order valence-corrected chi connectivity index (χ3v) is 2.89. The molecule has 0 fully saturated rings. The van der Waals surface area contributed by atoms with E-state index in [2.05, 4.69) is 0 Å². The molecule has 1 N–H and O–H groups in total. The van der Waals surface area contributed by atoms with Crippen LogP contribution in [0.4, 0.5) is 5.69 Å². The van der Waals surface area contributed by atoms with Crippen molar-refractivity contribution in [3.05, 3.63) is 69.8 Å². The highest BCUT2D eigenvalue weighted by Gasteiger charge is 2.14. The Morgan fingerprint density at radius 3 is 2.38 bits per heavy atom. The van der Waals surface area contributed by atoms with E-state index in [9.17, 15) is 14.9 Å². The van der Waals surface area contributed by atoms with E-state index < -0.39 is 10.9 Å². The van der Waals surface area contributed by atoms with Crippen molar-refractivity contribution in [1.29, 1.82) is 0 Å². The lowest BCUT2D eigenvalue weighted by atomic mass is 10.1. The van der Waals surface area contributed by atoms with Crippen molar-refractivity contribution in [2.45, 2.75) is 13.0 Å². The number of nitro groups is 1. The molecule has 0 heterocycles. The van der Waals surface area contributed by atoms with Crippen LogP contribution >= 0.6 is 0 Å². The van der Waals surface area contributed by atoms with Crippen molar-refractivity contribution in [3.63, 3.8) is 0 Å². The molecule has 108 valence electrons. The molecule has 6 heteroatoms. The van der Waals surface area contributed by atoms with Gasteiger partial charge in [0.05, 0.1) is 16.9 Å². The first-order valence-electron chi connectivity index (χ1n) is 6.22. The third kappa shape index (κ3) is 3.79. The van der Waals surface area contributed by atoms with Crippen molar-refractivity contribution >= 4 is 11.7 Å². The summed E-state index contributed by atoms with van der Waals surface area (Å²) in [5.74, 6) is -0.546. The minimum atomic E-state index is -0.961. The molecule has 2 rings (SSSR count). The maximum absolute atomic E-state index is 10.9. The minimum absolute atomic E-state index is 0.00772. The molecule has 0 unspecified atom stereocenters. The molecular formula is C15H13NO5. The topological polar surface area (TPSA) is 89.7 Å². The number of rotatable bonds is 6. The molecule has 0 aliphatic heterocycles. The zero-order chi connectivity index (χ0) is 15.2. The normalized spacial score (nSPS) is 10.1. The summed E-state index contributed by atoms with van der Waals surface area (Å²) in [6.45, 7) is 0.00772. The van der Waals surface area contributed by atoms with Crippen LogP contribution in [0.1, 0.15) is 11.1 Å². The summed E-state index contributed by atoms with van der Waals surface area (Å²) < 4.78 is 5.55. The van der Waals surface area contributed by atoms with E-state index >= 15 is 0 Å². The van der Waals surface area contributed by atoms with E-state index in [0.29, 0.717) is 16.9 Å². The number of carbonyl (C=O) groups is 1. The zero-order valence-corrected chi connectivity index (χ0v) is 11.1. The van der Waals surface area contributed by atoms with Gasteiger partial charge in [0.15, 0.2) is 0 Å². The van der Waals surface area contributed by atoms with Crippen molar-refractivity contribution in [2.24, 2.45) is 0 Å². The molecule has 0 bridgehead atoms. The quantitative estimate of drug-likeness (QED) is 0.651. The second kappa shape index (κ2) is 6.51. The second-order valence-corrected chi connectivity index (χ2v) is 4.35. The maximum Gasteiger partial charge on any atom is 0.307 e. The van der Waals surface area contributed by atoms with Gasteiger partial charge in [-0.2, -0.15) is 0 Å². The van der Waals surface area contributed by atoms with Gasteiger partial charge in [-0.25, -0.2) is 0 Å². The van der Waals surface area contributed by atoms with Crippen molar-refractivity contribution < 1.29 is 19.6 Å². The first kappa shape index (κ1) is 14.5. The number of carboxylic acids is 1. The number of hydrogen-bond donors (Lipinski definition) is 1. The fraction of sp³-hybridized carbons (Fsp3) is 0.133. The molecule has 0 saturated heterocycles. The summed E-state index contributed by atoms with van der Waals surface area (Å²) in [7, 11) is 0. The standard InChI is InChI=1S/C15H13NO5/c17-15(18)9-11-5-2-4-8-14(11)21-10-12-6-1-3-7-13(12)16(19)20/h1-8H,9-10H2,(H,17,18). The molecule has 0 saturated carbocycles. The van der Waals surface area contributed by atoms with Crippen LogP contribution in [0, 0.1) is 10.1 Å². The molecular weight excluding hydrogens is 274 g/mol. The summed E-state index contributed by atoms with van der Waals surface area (Å²) in [4.78, 5) is 21.2. The van der Waals surface area contributed by atoms with Gasteiger partial charge in [0.25, 0.3) is 5.69 Å². The maximum atomic E-state index is 10.9. The van der Waals surface area contributed by atoms with Gasteiger partial charge < -0.3 is 9.84 Å². The molecule has 6 nitrogen and oxygen atoms in total. The Labute approximate surface area is 120 Å². The van der Waals surface area contributed by atoms with Gasteiger partial charge >= 0.3 is 5.97 Å². The van der Waals surface area contributed by atoms with Gasteiger partial charge in [-0.05, 0) is 12.1 Å². The fourth-order valence-corrected chi connectivity index (χ4v) is 1.92. The molecule has 0 atom stereocenters. The Morgan fingerprint density at radius 2 is 1.71 bits per heavy atom. The molecule has 0 radical (unpaired) electrons. The minimum Gasteiger partial charge on any atom is -0.488 e. The van der Waals surface area contributed by atoms with Crippen LogP contribution in [0.3, 0.4) is 0 Å². The smallest absolute Gasteiger partial charge is 0.307 e. The Bertz CT molecular complexity index is 669. The van der Waals surface area contributed by atoms with E-state index in [0.717, 1.165) is 0 Å². The number of aliphatic carboxylic acids is 1. The van der Waals surface area contributed by atoms with Gasteiger partial charge in [-0.1, -0.05) is 30.3 Å². The molecule has 0 aliphatic rings. The Morgan fingerprint density at radius 1 is 1.10 bits per heavy atom. The monoisotopic (exact) mass is 287 g/mol. The van der Waals surface area contributed by atoms with Crippen LogP contribution in [0.2, 0.25) is 0 Å². The Balaban J connectivity index is 2.17.